The molecule has 0 bridgehead atoms. The molecule has 0 amide bonds. The maximum atomic E-state index is 6.16. The van der Waals surface area contributed by atoms with Crippen molar-refractivity contribution in [1.82, 2.24) is 9.80 Å². The molecule has 0 aromatic heterocycles. The number of rotatable bonds is 6. The normalized spacial score (nSPS) is 30.2. The summed E-state index contributed by atoms with van der Waals surface area (Å²) in [4.78, 5) is 4.80. The SMILES string of the molecule is CCC1CCCCC1(CN)N(C)CCN(C)C. The van der Waals surface area contributed by atoms with E-state index in [0.717, 1.165) is 25.6 Å². The van der Waals surface area contributed by atoms with Gasteiger partial charge in [0.15, 0.2) is 0 Å². The van der Waals surface area contributed by atoms with Crippen molar-refractivity contribution in [1.29, 1.82) is 0 Å². The van der Waals surface area contributed by atoms with E-state index in [1.807, 2.05) is 0 Å². The maximum Gasteiger partial charge on any atom is 0.0357 e. The molecule has 0 aliphatic heterocycles. The molecule has 0 heterocycles. The summed E-state index contributed by atoms with van der Waals surface area (Å²) in [5, 5.41) is 0. The van der Waals surface area contributed by atoms with Gasteiger partial charge >= 0.3 is 0 Å². The summed E-state index contributed by atoms with van der Waals surface area (Å²) in [6, 6.07) is 0. The van der Waals surface area contributed by atoms with Crippen molar-refractivity contribution < 1.29 is 0 Å². The minimum absolute atomic E-state index is 0.267. The van der Waals surface area contributed by atoms with Crippen LogP contribution in [0.3, 0.4) is 0 Å². The van der Waals surface area contributed by atoms with Crippen LogP contribution in [0, 0.1) is 5.92 Å². The van der Waals surface area contributed by atoms with Crippen LogP contribution in [0.5, 0.6) is 0 Å². The molecule has 1 aliphatic carbocycles. The van der Waals surface area contributed by atoms with Crippen LogP contribution in [-0.2, 0) is 0 Å². The van der Waals surface area contributed by atoms with Crippen molar-refractivity contribution in [3.8, 4) is 0 Å². The fraction of sp³-hybridized carbons (Fsp3) is 1.00. The number of hydrogen-bond donors (Lipinski definition) is 1. The molecule has 102 valence electrons. The zero-order valence-electron chi connectivity index (χ0n) is 12.2. The van der Waals surface area contributed by atoms with Gasteiger partial charge in [-0.15, -0.1) is 0 Å². The van der Waals surface area contributed by atoms with Crippen LogP contribution in [0.15, 0.2) is 0 Å². The maximum absolute atomic E-state index is 6.16. The average molecular weight is 241 g/mol. The first kappa shape index (κ1) is 14.9. The molecule has 0 saturated heterocycles. The van der Waals surface area contributed by atoms with Gasteiger partial charge in [0.05, 0.1) is 0 Å². The highest BCUT2D eigenvalue weighted by Gasteiger charge is 2.41. The van der Waals surface area contributed by atoms with Gasteiger partial charge in [-0.05, 0) is 39.9 Å². The van der Waals surface area contributed by atoms with Crippen molar-refractivity contribution >= 4 is 0 Å². The van der Waals surface area contributed by atoms with Crippen molar-refractivity contribution in [3.05, 3.63) is 0 Å². The van der Waals surface area contributed by atoms with E-state index in [1.54, 1.807) is 0 Å². The molecule has 17 heavy (non-hydrogen) atoms. The molecule has 1 rings (SSSR count). The van der Waals surface area contributed by atoms with E-state index in [-0.39, 0.29) is 5.54 Å². The summed E-state index contributed by atoms with van der Waals surface area (Å²) in [5.74, 6) is 0.786. The van der Waals surface area contributed by atoms with Gasteiger partial charge in [-0.1, -0.05) is 26.2 Å². The largest absolute Gasteiger partial charge is 0.329 e. The molecule has 1 aliphatic rings. The monoisotopic (exact) mass is 241 g/mol. The number of nitrogens with two attached hydrogens (primary N) is 1. The van der Waals surface area contributed by atoms with Crippen molar-refractivity contribution in [3.63, 3.8) is 0 Å². The first-order valence-corrected chi connectivity index (χ1v) is 7.13. The van der Waals surface area contributed by atoms with Gasteiger partial charge in [0, 0.05) is 25.2 Å². The zero-order chi connectivity index (χ0) is 12.9. The van der Waals surface area contributed by atoms with Gasteiger partial charge in [-0.3, -0.25) is 4.90 Å². The Hall–Kier alpha value is -0.120. The Kier molecular flexibility index (Phi) is 5.90. The second kappa shape index (κ2) is 6.72. The molecule has 3 nitrogen and oxygen atoms in total. The van der Waals surface area contributed by atoms with Gasteiger partial charge < -0.3 is 10.6 Å². The highest BCUT2D eigenvalue weighted by Crippen LogP contribution is 2.39. The number of hydrogen-bond acceptors (Lipinski definition) is 3. The molecule has 2 atom stereocenters. The summed E-state index contributed by atoms with van der Waals surface area (Å²) in [7, 11) is 6.55. The quantitative estimate of drug-likeness (QED) is 0.769. The third-order valence-electron chi connectivity index (χ3n) is 4.66. The van der Waals surface area contributed by atoms with Crippen LogP contribution in [0.4, 0.5) is 0 Å². The van der Waals surface area contributed by atoms with E-state index in [2.05, 4.69) is 37.9 Å². The summed E-state index contributed by atoms with van der Waals surface area (Å²) >= 11 is 0. The lowest BCUT2D eigenvalue weighted by atomic mass is 9.70. The minimum atomic E-state index is 0.267. The van der Waals surface area contributed by atoms with E-state index in [0.29, 0.717) is 0 Å². The molecule has 2 unspecified atom stereocenters. The van der Waals surface area contributed by atoms with Gasteiger partial charge in [0.25, 0.3) is 0 Å². The molecule has 0 radical (unpaired) electrons. The average Bonchev–Trinajstić information content (AvgIpc) is 2.35. The van der Waals surface area contributed by atoms with Gasteiger partial charge in [0.2, 0.25) is 0 Å². The Bertz CT molecular complexity index is 218. The molecule has 0 aromatic rings. The number of likely N-dealkylation sites (N-methyl/N-ethyl adjacent to an activating group) is 2. The molecule has 3 heteroatoms. The predicted molar refractivity (Wildman–Crippen MR) is 75.2 cm³/mol. The van der Waals surface area contributed by atoms with Crippen LogP contribution >= 0.6 is 0 Å². The van der Waals surface area contributed by atoms with Gasteiger partial charge in [0.1, 0.15) is 0 Å². The fourth-order valence-electron chi connectivity index (χ4n) is 3.38. The van der Waals surface area contributed by atoms with Crippen LogP contribution in [-0.4, -0.2) is 56.1 Å². The Morgan fingerprint density at radius 2 is 1.88 bits per heavy atom. The topological polar surface area (TPSA) is 32.5 Å². The van der Waals surface area contributed by atoms with Crippen molar-refractivity contribution in [2.45, 2.75) is 44.6 Å². The lowest BCUT2D eigenvalue weighted by Gasteiger charge is -2.50. The van der Waals surface area contributed by atoms with Gasteiger partial charge in [-0.25, -0.2) is 0 Å². The van der Waals surface area contributed by atoms with Crippen LogP contribution in [0.25, 0.3) is 0 Å². The van der Waals surface area contributed by atoms with E-state index >= 15 is 0 Å². The minimum Gasteiger partial charge on any atom is -0.329 e. The molecule has 1 saturated carbocycles. The predicted octanol–water partition coefficient (Wildman–Crippen LogP) is 1.78. The van der Waals surface area contributed by atoms with E-state index < -0.39 is 0 Å². The summed E-state index contributed by atoms with van der Waals surface area (Å²) in [6.07, 6.45) is 6.65. The molecule has 0 spiro atoms. The zero-order valence-corrected chi connectivity index (χ0v) is 12.2. The Morgan fingerprint density at radius 1 is 1.18 bits per heavy atom. The highest BCUT2D eigenvalue weighted by atomic mass is 15.2. The molecule has 0 aromatic carbocycles. The van der Waals surface area contributed by atoms with E-state index in [9.17, 15) is 0 Å². The van der Waals surface area contributed by atoms with Crippen LogP contribution in [0.1, 0.15) is 39.0 Å². The van der Waals surface area contributed by atoms with E-state index in [1.165, 1.54) is 32.1 Å². The third kappa shape index (κ3) is 3.43. The molecule has 1 fully saturated rings. The lowest BCUT2D eigenvalue weighted by molar-refractivity contribution is 0.0200. The second-order valence-corrected chi connectivity index (χ2v) is 5.88. The fourth-order valence-corrected chi connectivity index (χ4v) is 3.38. The first-order chi connectivity index (χ1) is 8.06. The third-order valence-corrected chi connectivity index (χ3v) is 4.66. The lowest BCUT2D eigenvalue weighted by Crippen LogP contribution is -2.59. The second-order valence-electron chi connectivity index (χ2n) is 5.88. The van der Waals surface area contributed by atoms with Crippen molar-refractivity contribution in [2.24, 2.45) is 11.7 Å². The van der Waals surface area contributed by atoms with Crippen LogP contribution < -0.4 is 5.73 Å². The molecule has 2 N–H and O–H groups in total. The van der Waals surface area contributed by atoms with Crippen molar-refractivity contribution in [2.75, 3.05) is 40.8 Å². The summed E-state index contributed by atoms with van der Waals surface area (Å²) in [6.45, 7) is 5.38. The molecular weight excluding hydrogens is 210 g/mol. The standard InChI is InChI=1S/C14H31N3/c1-5-13-8-6-7-9-14(13,12-15)17(4)11-10-16(2)3/h13H,5-12,15H2,1-4H3. The highest BCUT2D eigenvalue weighted by molar-refractivity contribution is 4.98. The molecular formula is C14H31N3. The van der Waals surface area contributed by atoms with Crippen LogP contribution in [0.2, 0.25) is 0 Å². The summed E-state index contributed by atoms with van der Waals surface area (Å²) < 4.78 is 0. The Labute approximate surface area is 107 Å². The summed E-state index contributed by atoms with van der Waals surface area (Å²) in [5.41, 5.74) is 6.42. The Morgan fingerprint density at radius 3 is 2.41 bits per heavy atom. The number of nitrogens with zero attached hydrogens (tertiary/aromatic N) is 2. The smallest absolute Gasteiger partial charge is 0.0357 e. The van der Waals surface area contributed by atoms with Gasteiger partial charge in [-0.2, -0.15) is 0 Å². The Balaban J connectivity index is 2.69. The first-order valence-electron chi connectivity index (χ1n) is 7.13. The van der Waals surface area contributed by atoms with E-state index in [4.69, 9.17) is 5.73 Å².